The lowest BCUT2D eigenvalue weighted by molar-refractivity contribution is -0.130. The Morgan fingerprint density at radius 1 is 1.30 bits per heavy atom. The Labute approximate surface area is 61.0 Å². The maximum atomic E-state index is 11.3. The van der Waals surface area contributed by atoms with Gasteiger partial charge in [-0.05, 0) is 32.2 Å². The van der Waals surface area contributed by atoms with Crippen molar-refractivity contribution in [3.05, 3.63) is 0 Å². The molecule has 0 aromatic heterocycles. The lowest BCUT2D eigenvalue weighted by Crippen LogP contribution is -2.59. The third kappa shape index (κ3) is 0.717. The average Bonchev–Trinajstić information content (AvgIpc) is 1.85. The Morgan fingerprint density at radius 3 is 2.50 bits per heavy atom. The van der Waals surface area contributed by atoms with Crippen LogP contribution in [0.1, 0.15) is 32.1 Å². The van der Waals surface area contributed by atoms with Gasteiger partial charge < -0.3 is 5.32 Å². The molecule has 0 aromatic carbocycles. The second-order valence-electron chi connectivity index (χ2n) is 3.39. The molecule has 0 radical (unpaired) electrons. The van der Waals surface area contributed by atoms with E-state index in [1.807, 2.05) is 0 Å². The van der Waals surface area contributed by atoms with Crippen LogP contribution in [0.3, 0.4) is 0 Å². The van der Waals surface area contributed by atoms with Gasteiger partial charge in [-0.25, -0.2) is 0 Å². The van der Waals surface area contributed by atoms with Gasteiger partial charge in [0.2, 0.25) is 0 Å². The summed E-state index contributed by atoms with van der Waals surface area (Å²) in [5.74, 6) is 0.463. The Bertz CT molecular complexity index is 161. The van der Waals surface area contributed by atoms with Gasteiger partial charge in [0.15, 0.2) is 5.78 Å². The van der Waals surface area contributed by atoms with Crippen molar-refractivity contribution in [2.45, 2.75) is 37.6 Å². The van der Waals surface area contributed by atoms with Crippen molar-refractivity contribution < 1.29 is 4.79 Å². The fraction of sp³-hybridized carbons (Fsp3) is 0.875. The largest absolute Gasteiger partial charge is 0.305 e. The smallest absolute Gasteiger partial charge is 0.152 e. The highest BCUT2D eigenvalue weighted by Gasteiger charge is 2.44. The molecule has 10 heavy (non-hydrogen) atoms. The molecular formula is C8H13NO. The van der Waals surface area contributed by atoms with Crippen LogP contribution in [0.2, 0.25) is 0 Å². The van der Waals surface area contributed by atoms with Gasteiger partial charge >= 0.3 is 0 Å². The first-order valence-electron chi connectivity index (χ1n) is 4.12. The van der Waals surface area contributed by atoms with Crippen LogP contribution < -0.4 is 5.32 Å². The number of hydrogen-bond donors (Lipinski definition) is 1. The zero-order chi connectivity index (χ0) is 7.03. The minimum atomic E-state index is -0.0295. The Hall–Kier alpha value is -0.370. The number of hydrogen-bond acceptors (Lipinski definition) is 2. The van der Waals surface area contributed by atoms with Crippen LogP contribution in [0, 0.1) is 0 Å². The van der Waals surface area contributed by atoms with E-state index in [2.05, 4.69) is 5.32 Å². The summed E-state index contributed by atoms with van der Waals surface area (Å²) >= 11 is 0. The van der Waals surface area contributed by atoms with Gasteiger partial charge in [0.1, 0.15) is 0 Å². The summed E-state index contributed by atoms with van der Waals surface area (Å²) in [6.07, 6.45) is 5.27. The summed E-state index contributed by atoms with van der Waals surface area (Å²) in [5.41, 5.74) is -0.0295. The second kappa shape index (κ2) is 2.06. The van der Waals surface area contributed by atoms with Crippen molar-refractivity contribution >= 4 is 5.78 Å². The minimum absolute atomic E-state index is 0.0295. The molecule has 1 saturated heterocycles. The van der Waals surface area contributed by atoms with Crippen molar-refractivity contribution in [2.75, 3.05) is 6.54 Å². The molecule has 1 N–H and O–H groups in total. The quantitative estimate of drug-likeness (QED) is 0.539. The first-order valence-corrected chi connectivity index (χ1v) is 4.12. The van der Waals surface area contributed by atoms with Gasteiger partial charge in [0.25, 0.3) is 0 Å². The monoisotopic (exact) mass is 139 g/mol. The van der Waals surface area contributed by atoms with E-state index in [4.69, 9.17) is 0 Å². The summed E-state index contributed by atoms with van der Waals surface area (Å²) in [6, 6.07) is 0. The van der Waals surface area contributed by atoms with Crippen molar-refractivity contribution in [2.24, 2.45) is 0 Å². The molecule has 0 atom stereocenters. The highest BCUT2D eigenvalue weighted by Crippen LogP contribution is 2.35. The zero-order valence-corrected chi connectivity index (χ0v) is 6.15. The molecule has 1 spiro atoms. The van der Waals surface area contributed by atoms with Crippen molar-refractivity contribution in [1.82, 2.24) is 5.32 Å². The fourth-order valence-electron chi connectivity index (χ4n) is 1.90. The zero-order valence-electron chi connectivity index (χ0n) is 6.15. The van der Waals surface area contributed by atoms with E-state index in [0.717, 1.165) is 32.2 Å². The first-order chi connectivity index (χ1) is 4.83. The van der Waals surface area contributed by atoms with Gasteiger partial charge in [-0.3, -0.25) is 4.79 Å². The lowest BCUT2D eigenvalue weighted by Gasteiger charge is -2.43. The predicted octanol–water partition coefficient (Wildman–Crippen LogP) is 0.862. The van der Waals surface area contributed by atoms with Crippen molar-refractivity contribution in [3.8, 4) is 0 Å². The van der Waals surface area contributed by atoms with E-state index >= 15 is 0 Å². The number of carbonyl (C=O) groups is 1. The molecule has 2 nitrogen and oxygen atoms in total. The third-order valence-electron chi connectivity index (χ3n) is 2.78. The van der Waals surface area contributed by atoms with Gasteiger partial charge in [-0.15, -0.1) is 0 Å². The topological polar surface area (TPSA) is 29.1 Å². The van der Waals surface area contributed by atoms with Gasteiger partial charge in [-0.2, -0.15) is 0 Å². The van der Waals surface area contributed by atoms with Crippen LogP contribution >= 0.6 is 0 Å². The van der Waals surface area contributed by atoms with Crippen LogP contribution in [0.4, 0.5) is 0 Å². The minimum Gasteiger partial charge on any atom is -0.305 e. The SMILES string of the molecule is O=C1CCCNC12CCC2. The molecule has 2 heteroatoms. The molecule has 1 aliphatic heterocycles. The molecule has 0 amide bonds. The fourth-order valence-corrected chi connectivity index (χ4v) is 1.90. The molecule has 2 rings (SSSR count). The molecular weight excluding hydrogens is 126 g/mol. The van der Waals surface area contributed by atoms with E-state index in [0.29, 0.717) is 5.78 Å². The molecule has 1 heterocycles. The lowest BCUT2D eigenvalue weighted by atomic mass is 9.71. The molecule has 0 bridgehead atoms. The predicted molar refractivity (Wildman–Crippen MR) is 38.8 cm³/mol. The van der Waals surface area contributed by atoms with E-state index in [1.54, 1.807) is 0 Å². The van der Waals surface area contributed by atoms with Crippen LogP contribution in [0.15, 0.2) is 0 Å². The number of ketones is 1. The van der Waals surface area contributed by atoms with E-state index in [9.17, 15) is 4.79 Å². The highest BCUT2D eigenvalue weighted by atomic mass is 16.1. The molecule has 1 saturated carbocycles. The Morgan fingerprint density at radius 2 is 2.10 bits per heavy atom. The summed E-state index contributed by atoms with van der Waals surface area (Å²) in [6.45, 7) is 1.05. The highest BCUT2D eigenvalue weighted by molar-refractivity contribution is 5.90. The van der Waals surface area contributed by atoms with Crippen molar-refractivity contribution in [1.29, 1.82) is 0 Å². The molecule has 0 unspecified atom stereocenters. The third-order valence-corrected chi connectivity index (χ3v) is 2.78. The van der Waals surface area contributed by atoms with Gasteiger partial charge in [0.05, 0.1) is 5.54 Å². The summed E-state index contributed by atoms with van der Waals surface area (Å²) < 4.78 is 0. The van der Waals surface area contributed by atoms with Gasteiger partial charge in [0, 0.05) is 6.42 Å². The maximum absolute atomic E-state index is 11.3. The van der Waals surface area contributed by atoms with Crippen LogP contribution in [-0.2, 0) is 4.79 Å². The second-order valence-corrected chi connectivity index (χ2v) is 3.39. The van der Waals surface area contributed by atoms with E-state index in [-0.39, 0.29) is 5.54 Å². The summed E-state index contributed by atoms with van der Waals surface area (Å²) in [4.78, 5) is 11.3. The number of rotatable bonds is 0. The van der Waals surface area contributed by atoms with Crippen LogP contribution in [0.25, 0.3) is 0 Å². The number of piperidine rings is 1. The van der Waals surface area contributed by atoms with Crippen LogP contribution in [-0.4, -0.2) is 17.9 Å². The average molecular weight is 139 g/mol. The normalized spacial score (nSPS) is 30.2. The molecule has 1 aliphatic carbocycles. The standard InChI is InChI=1S/C8H13NO/c10-7-3-1-6-9-8(7)4-2-5-8/h9H,1-6H2. The molecule has 2 fully saturated rings. The summed E-state index contributed by atoms with van der Waals surface area (Å²) in [7, 11) is 0. The maximum Gasteiger partial charge on any atom is 0.152 e. The Balaban J connectivity index is 2.10. The first kappa shape index (κ1) is 6.35. The Kier molecular flexibility index (Phi) is 1.31. The van der Waals surface area contributed by atoms with Crippen LogP contribution in [0.5, 0.6) is 0 Å². The number of carbonyl (C=O) groups excluding carboxylic acids is 1. The molecule has 56 valence electrons. The molecule has 0 aromatic rings. The van der Waals surface area contributed by atoms with E-state index < -0.39 is 0 Å². The van der Waals surface area contributed by atoms with Gasteiger partial charge in [-0.1, -0.05) is 0 Å². The number of nitrogens with one attached hydrogen (secondary N) is 1. The molecule has 2 aliphatic rings. The van der Waals surface area contributed by atoms with E-state index in [1.165, 1.54) is 6.42 Å². The van der Waals surface area contributed by atoms with Crippen molar-refractivity contribution in [3.63, 3.8) is 0 Å². The number of Topliss-reactive ketones (excluding diaryl/α,β-unsaturated/α-hetero) is 1. The summed E-state index contributed by atoms with van der Waals surface area (Å²) in [5, 5.41) is 3.33.